The number of likely N-dealkylation sites (tertiary alicyclic amines) is 1. The molecule has 0 radical (unpaired) electrons. The van der Waals surface area contributed by atoms with Crippen LogP contribution in [-0.2, 0) is 4.79 Å². The summed E-state index contributed by atoms with van der Waals surface area (Å²) in [7, 11) is 0. The summed E-state index contributed by atoms with van der Waals surface area (Å²) in [5.74, 6) is 1.32. The number of hydrogen-bond acceptors (Lipinski definition) is 2. The Labute approximate surface area is 116 Å². The number of nitrogens with zero attached hydrogens (tertiary/aromatic N) is 1. The van der Waals surface area contributed by atoms with Gasteiger partial charge in [-0.2, -0.15) is 0 Å². The SMILES string of the molecule is CC1CC(C(=O)O)CCN1C1CCCC(C2CC2)C1. The number of rotatable bonds is 3. The molecule has 0 spiro atoms. The molecular weight excluding hydrogens is 238 g/mol. The minimum atomic E-state index is -0.592. The quantitative estimate of drug-likeness (QED) is 0.852. The van der Waals surface area contributed by atoms with Gasteiger partial charge in [0.15, 0.2) is 0 Å². The fourth-order valence-electron chi connectivity index (χ4n) is 4.45. The fraction of sp³-hybridized carbons (Fsp3) is 0.938. The molecule has 2 aliphatic carbocycles. The van der Waals surface area contributed by atoms with E-state index < -0.39 is 5.97 Å². The van der Waals surface area contributed by atoms with E-state index in [9.17, 15) is 4.79 Å². The molecule has 4 atom stereocenters. The van der Waals surface area contributed by atoms with Crippen LogP contribution in [-0.4, -0.2) is 34.6 Å². The highest BCUT2D eigenvalue weighted by Crippen LogP contribution is 2.45. The second kappa shape index (κ2) is 5.43. The number of piperidine rings is 1. The van der Waals surface area contributed by atoms with Crippen molar-refractivity contribution in [1.29, 1.82) is 0 Å². The van der Waals surface area contributed by atoms with Gasteiger partial charge in [-0.15, -0.1) is 0 Å². The van der Waals surface area contributed by atoms with Crippen LogP contribution in [0.3, 0.4) is 0 Å². The molecule has 1 aliphatic heterocycles. The predicted molar refractivity (Wildman–Crippen MR) is 75.0 cm³/mol. The van der Waals surface area contributed by atoms with Crippen molar-refractivity contribution in [3.05, 3.63) is 0 Å². The average Bonchev–Trinajstić information content (AvgIpc) is 3.23. The van der Waals surface area contributed by atoms with Gasteiger partial charge in [0.1, 0.15) is 0 Å². The molecular formula is C16H27NO2. The first kappa shape index (κ1) is 13.4. The van der Waals surface area contributed by atoms with E-state index in [4.69, 9.17) is 5.11 Å². The third kappa shape index (κ3) is 2.96. The zero-order valence-corrected chi connectivity index (χ0v) is 12.1. The summed E-state index contributed by atoms with van der Waals surface area (Å²) < 4.78 is 0. The van der Waals surface area contributed by atoms with Gasteiger partial charge >= 0.3 is 5.97 Å². The zero-order chi connectivity index (χ0) is 13.4. The minimum absolute atomic E-state index is 0.103. The van der Waals surface area contributed by atoms with Gasteiger partial charge in [0, 0.05) is 12.1 Å². The number of carbonyl (C=O) groups is 1. The van der Waals surface area contributed by atoms with Crippen LogP contribution < -0.4 is 0 Å². The average molecular weight is 265 g/mol. The molecule has 1 saturated heterocycles. The van der Waals surface area contributed by atoms with Crippen molar-refractivity contribution in [2.24, 2.45) is 17.8 Å². The Balaban J connectivity index is 1.57. The van der Waals surface area contributed by atoms with Crippen molar-refractivity contribution in [2.45, 2.75) is 70.4 Å². The Kier molecular flexibility index (Phi) is 3.84. The van der Waals surface area contributed by atoms with Crippen molar-refractivity contribution in [3.63, 3.8) is 0 Å². The monoisotopic (exact) mass is 265 g/mol. The smallest absolute Gasteiger partial charge is 0.306 e. The van der Waals surface area contributed by atoms with Gasteiger partial charge in [-0.1, -0.05) is 12.8 Å². The van der Waals surface area contributed by atoms with Crippen LogP contribution in [0.1, 0.15) is 58.3 Å². The lowest BCUT2D eigenvalue weighted by Crippen LogP contribution is -2.49. The van der Waals surface area contributed by atoms with Crippen LogP contribution in [0.2, 0.25) is 0 Å². The summed E-state index contributed by atoms with van der Waals surface area (Å²) in [5, 5.41) is 9.16. The molecule has 0 bridgehead atoms. The number of hydrogen-bond donors (Lipinski definition) is 1. The minimum Gasteiger partial charge on any atom is -0.481 e. The molecule has 4 unspecified atom stereocenters. The maximum atomic E-state index is 11.1. The van der Waals surface area contributed by atoms with Crippen LogP contribution in [0.4, 0.5) is 0 Å². The van der Waals surface area contributed by atoms with Crippen LogP contribution in [0.25, 0.3) is 0 Å². The number of carboxylic acid groups (broad SMARTS) is 1. The molecule has 0 aromatic carbocycles. The molecule has 1 heterocycles. The maximum absolute atomic E-state index is 11.1. The summed E-state index contributed by atoms with van der Waals surface area (Å²) in [6.45, 7) is 3.23. The third-order valence-electron chi connectivity index (χ3n) is 5.72. The Hall–Kier alpha value is -0.570. The van der Waals surface area contributed by atoms with Crippen molar-refractivity contribution < 1.29 is 9.90 Å². The summed E-state index contributed by atoms with van der Waals surface area (Å²) in [6, 6.07) is 1.20. The van der Waals surface area contributed by atoms with E-state index in [1.54, 1.807) is 0 Å². The van der Waals surface area contributed by atoms with Crippen molar-refractivity contribution in [3.8, 4) is 0 Å². The van der Waals surface area contributed by atoms with Gasteiger partial charge < -0.3 is 5.11 Å². The molecule has 1 N–H and O–H groups in total. The van der Waals surface area contributed by atoms with Gasteiger partial charge in [0.05, 0.1) is 5.92 Å². The van der Waals surface area contributed by atoms with Crippen LogP contribution in [0, 0.1) is 17.8 Å². The first-order chi connectivity index (χ1) is 9.15. The van der Waals surface area contributed by atoms with E-state index in [1.807, 2.05) is 0 Å². The molecule has 108 valence electrons. The normalized spacial score (nSPS) is 41.1. The van der Waals surface area contributed by atoms with Gasteiger partial charge in [0.25, 0.3) is 0 Å². The lowest BCUT2D eigenvalue weighted by atomic mass is 9.80. The number of carboxylic acids is 1. The molecule has 0 aromatic heterocycles. The topological polar surface area (TPSA) is 40.5 Å². The lowest BCUT2D eigenvalue weighted by Gasteiger charge is -2.44. The lowest BCUT2D eigenvalue weighted by molar-refractivity contribution is -0.144. The number of aliphatic carboxylic acids is 1. The van der Waals surface area contributed by atoms with Crippen LogP contribution in [0.5, 0.6) is 0 Å². The Bertz CT molecular complexity index is 340. The fourth-order valence-corrected chi connectivity index (χ4v) is 4.45. The van der Waals surface area contributed by atoms with Crippen LogP contribution in [0.15, 0.2) is 0 Å². The van der Waals surface area contributed by atoms with E-state index in [1.165, 1.54) is 38.5 Å². The second-order valence-electron chi connectivity index (χ2n) is 7.06. The maximum Gasteiger partial charge on any atom is 0.306 e. The Morgan fingerprint density at radius 2 is 1.84 bits per heavy atom. The summed E-state index contributed by atoms with van der Waals surface area (Å²) >= 11 is 0. The Morgan fingerprint density at radius 1 is 1.05 bits per heavy atom. The first-order valence-corrected chi connectivity index (χ1v) is 8.13. The molecule has 0 aromatic rings. The molecule has 3 rings (SSSR count). The predicted octanol–water partition coefficient (Wildman–Crippen LogP) is 3.14. The van der Waals surface area contributed by atoms with E-state index >= 15 is 0 Å². The Morgan fingerprint density at radius 3 is 2.47 bits per heavy atom. The molecule has 0 amide bonds. The van der Waals surface area contributed by atoms with Crippen molar-refractivity contribution in [2.75, 3.05) is 6.54 Å². The zero-order valence-electron chi connectivity index (χ0n) is 12.1. The van der Waals surface area contributed by atoms with E-state index in [0.29, 0.717) is 6.04 Å². The molecule has 2 saturated carbocycles. The highest BCUT2D eigenvalue weighted by Gasteiger charge is 2.39. The van der Waals surface area contributed by atoms with Crippen molar-refractivity contribution in [1.82, 2.24) is 4.90 Å². The van der Waals surface area contributed by atoms with Crippen LogP contribution >= 0.6 is 0 Å². The van der Waals surface area contributed by atoms with Gasteiger partial charge in [0.2, 0.25) is 0 Å². The summed E-state index contributed by atoms with van der Waals surface area (Å²) in [6.07, 6.45) is 10.2. The highest BCUT2D eigenvalue weighted by molar-refractivity contribution is 5.70. The standard InChI is InChI=1S/C16H27NO2/c1-11-9-14(16(18)19)7-8-17(11)15-4-2-3-13(10-15)12-5-6-12/h11-15H,2-10H2,1H3,(H,18,19). The van der Waals surface area contributed by atoms with Crippen molar-refractivity contribution >= 4 is 5.97 Å². The van der Waals surface area contributed by atoms with E-state index in [2.05, 4.69) is 11.8 Å². The second-order valence-corrected chi connectivity index (χ2v) is 7.06. The molecule has 3 heteroatoms. The molecule has 3 aliphatic rings. The van der Waals surface area contributed by atoms with Gasteiger partial charge in [-0.3, -0.25) is 9.69 Å². The molecule has 3 nitrogen and oxygen atoms in total. The third-order valence-corrected chi connectivity index (χ3v) is 5.72. The van der Waals surface area contributed by atoms with E-state index in [0.717, 1.165) is 37.3 Å². The summed E-state index contributed by atoms with van der Waals surface area (Å²) in [4.78, 5) is 13.7. The van der Waals surface area contributed by atoms with Gasteiger partial charge in [-0.05, 0) is 63.8 Å². The largest absolute Gasteiger partial charge is 0.481 e. The highest BCUT2D eigenvalue weighted by atomic mass is 16.4. The summed E-state index contributed by atoms with van der Waals surface area (Å²) in [5.41, 5.74) is 0. The first-order valence-electron chi connectivity index (χ1n) is 8.13. The molecule has 3 fully saturated rings. The van der Waals surface area contributed by atoms with Gasteiger partial charge in [-0.25, -0.2) is 0 Å². The molecule has 19 heavy (non-hydrogen) atoms. The van der Waals surface area contributed by atoms with E-state index in [-0.39, 0.29) is 5.92 Å².